The highest BCUT2D eigenvalue weighted by molar-refractivity contribution is 5.70. The second kappa shape index (κ2) is 45.9. The Kier molecular flexibility index (Phi) is 42.3. The van der Waals surface area contributed by atoms with Gasteiger partial charge in [-0.25, -0.2) is 0 Å². The largest absolute Gasteiger partial charge is 0.462 e. The van der Waals surface area contributed by atoms with Gasteiger partial charge in [-0.1, -0.05) is 212 Å². The molecule has 0 aromatic carbocycles. The summed E-state index contributed by atoms with van der Waals surface area (Å²) in [6, 6.07) is 0. The van der Waals surface area contributed by atoms with Crippen LogP contribution in [0.15, 0.2) is 24.3 Å². The molecule has 7 N–H and O–H groups in total. The highest BCUT2D eigenvalue weighted by atomic mass is 16.7. The van der Waals surface area contributed by atoms with Gasteiger partial charge < -0.3 is 64.2 Å². The van der Waals surface area contributed by atoms with E-state index < -0.39 is 99.3 Å². The average Bonchev–Trinajstić information content (AvgIpc) is 3.39. The van der Waals surface area contributed by atoms with Crippen LogP contribution in [0.1, 0.15) is 245 Å². The van der Waals surface area contributed by atoms with Gasteiger partial charge in [0.1, 0.15) is 55.4 Å². The molecule has 0 aromatic heterocycles. The molecule has 0 saturated carbocycles. The highest BCUT2D eigenvalue weighted by Crippen LogP contribution is 2.27. The first kappa shape index (κ1) is 68.1. The van der Waals surface area contributed by atoms with E-state index in [0.29, 0.717) is 12.8 Å². The summed E-state index contributed by atoms with van der Waals surface area (Å²) >= 11 is 0. The lowest BCUT2D eigenvalue weighted by molar-refractivity contribution is -0.332. The van der Waals surface area contributed by atoms with Crippen LogP contribution in [-0.2, 0) is 38.0 Å². The molecular formula is C59H108O15. The van der Waals surface area contributed by atoms with Gasteiger partial charge in [-0.2, -0.15) is 0 Å². The molecule has 11 atom stereocenters. The molecule has 2 rings (SSSR count). The van der Waals surface area contributed by atoms with E-state index in [9.17, 15) is 45.3 Å². The van der Waals surface area contributed by atoms with E-state index in [2.05, 4.69) is 38.2 Å². The SMILES string of the molecule is CCCCCCCC/C=C/C/C=C/CCCCC(=O)O[C@@H](COC(=O)CCCCCCCCCCCCCCCCCCCCCCCCC)CO[C@@H]1O[C@H](CO[C@@H]2O[C@H](CO)[C@H](O)C(O)C2O)[C@H](O)C(O)C1O. The molecule has 0 aliphatic carbocycles. The fraction of sp³-hybridized carbons (Fsp3) is 0.898. The van der Waals surface area contributed by atoms with Crippen LogP contribution in [0.5, 0.6) is 0 Å². The maximum atomic E-state index is 13.0. The van der Waals surface area contributed by atoms with E-state index in [4.69, 9.17) is 28.4 Å². The van der Waals surface area contributed by atoms with Gasteiger partial charge in [-0.15, -0.1) is 0 Å². The number of hydrogen-bond acceptors (Lipinski definition) is 15. The molecule has 74 heavy (non-hydrogen) atoms. The van der Waals surface area contributed by atoms with Crippen LogP contribution in [0.2, 0.25) is 0 Å². The van der Waals surface area contributed by atoms with E-state index in [0.717, 1.165) is 44.9 Å². The van der Waals surface area contributed by atoms with Gasteiger partial charge in [-0.05, 0) is 44.9 Å². The number of allylic oxidation sites excluding steroid dienone is 4. The zero-order chi connectivity index (χ0) is 53.9. The van der Waals surface area contributed by atoms with Crippen LogP contribution < -0.4 is 0 Å². The number of ether oxygens (including phenoxy) is 6. The number of esters is 2. The Hall–Kier alpha value is -2.02. The smallest absolute Gasteiger partial charge is 0.306 e. The molecule has 0 spiro atoms. The third kappa shape index (κ3) is 32.7. The van der Waals surface area contributed by atoms with Crippen molar-refractivity contribution >= 4 is 11.9 Å². The van der Waals surface area contributed by atoms with Crippen LogP contribution in [0.3, 0.4) is 0 Å². The van der Waals surface area contributed by atoms with Gasteiger partial charge in [0, 0.05) is 12.8 Å². The van der Waals surface area contributed by atoms with Gasteiger partial charge in [0.25, 0.3) is 0 Å². The monoisotopic (exact) mass is 1060 g/mol. The third-order valence-corrected chi connectivity index (χ3v) is 14.4. The summed E-state index contributed by atoms with van der Waals surface area (Å²) in [5.74, 6) is -0.950. The second-order valence-electron chi connectivity index (χ2n) is 21.2. The van der Waals surface area contributed by atoms with Crippen LogP contribution in [0, 0.1) is 0 Å². The van der Waals surface area contributed by atoms with Crippen molar-refractivity contribution in [1.82, 2.24) is 0 Å². The maximum absolute atomic E-state index is 13.0. The first-order chi connectivity index (χ1) is 36.0. The summed E-state index contributed by atoms with van der Waals surface area (Å²) in [5.41, 5.74) is 0. The number of aliphatic hydroxyl groups is 7. The quantitative estimate of drug-likeness (QED) is 0.0171. The minimum atomic E-state index is -1.77. The van der Waals surface area contributed by atoms with Gasteiger partial charge in [-0.3, -0.25) is 9.59 Å². The third-order valence-electron chi connectivity index (χ3n) is 14.4. The van der Waals surface area contributed by atoms with E-state index in [1.807, 2.05) is 0 Å². The van der Waals surface area contributed by atoms with Gasteiger partial charge in [0.05, 0.1) is 19.8 Å². The van der Waals surface area contributed by atoms with Gasteiger partial charge in [0.2, 0.25) is 0 Å². The van der Waals surface area contributed by atoms with Crippen molar-refractivity contribution in [1.29, 1.82) is 0 Å². The van der Waals surface area contributed by atoms with E-state index in [-0.39, 0.29) is 19.4 Å². The number of rotatable bonds is 48. The molecule has 2 saturated heterocycles. The number of hydrogen-bond donors (Lipinski definition) is 7. The predicted molar refractivity (Wildman–Crippen MR) is 289 cm³/mol. The van der Waals surface area contributed by atoms with E-state index in [1.165, 1.54) is 161 Å². The average molecular weight is 1060 g/mol. The van der Waals surface area contributed by atoms with Crippen molar-refractivity contribution < 1.29 is 73.8 Å². The Morgan fingerprint density at radius 1 is 0.432 bits per heavy atom. The molecule has 2 heterocycles. The first-order valence-corrected chi connectivity index (χ1v) is 29.9. The molecule has 15 heteroatoms. The molecular weight excluding hydrogens is 949 g/mol. The van der Waals surface area contributed by atoms with Gasteiger partial charge in [0.15, 0.2) is 18.7 Å². The summed E-state index contributed by atoms with van der Waals surface area (Å²) in [6.07, 6.45) is 33.6. The van der Waals surface area contributed by atoms with Crippen molar-refractivity contribution in [3.05, 3.63) is 24.3 Å². The molecule has 2 aliphatic rings. The molecule has 4 unspecified atom stereocenters. The van der Waals surface area contributed by atoms with E-state index >= 15 is 0 Å². The predicted octanol–water partition coefficient (Wildman–Crippen LogP) is 10.3. The van der Waals surface area contributed by atoms with Crippen LogP contribution >= 0.6 is 0 Å². The van der Waals surface area contributed by atoms with Crippen LogP contribution in [0.4, 0.5) is 0 Å². The number of carbonyl (C=O) groups excluding carboxylic acids is 2. The summed E-state index contributed by atoms with van der Waals surface area (Å²) in [7, 11) is 0. The topological polar surface area (TPSA) is 231 Å². The molecule has 2 fully saturated rings. The number of carbonyl (C=O) groups is 2. The number of unbranched alkanes of at least 4 members (excludes halogenated alkanes) is 30. The lowest BCUT2D eigenvalue weighted by Crippen LogP contribution is -2.61. The maximum Gasteiger partial charge on any atom is 0.306 e. The zero-order valence-electron chi connectivity index (χ0n) is 46.3. The summed E-state index contributed by atoms with van der Waals surface area (Å²) in [4.78, 5) is 25.9. The van der Waals surface area contributed by atoms with Gasteiger partial charge >= 0.3 is 11.9 Å². The zero-order valence-corrected chi connectivity index (χ0v) is 46.3. The Bertz CT molecular complexity index is 1380. The van der Waals surface area contributed by atoms with Crippen molar-refractivity contribution in [3.63, 3.8) is 0 Å². The van der Waals surface area contributed by atoms with Crippen molar-refractivity contribution in [2.45, 2.75) is 313 Å². The molecule has 2 aliphatic heterocycles. The molecule has 434 valence electrons. The van der Waals surface area contributed by atoms with E-state index in [1.54, 1.807) is 0 Å². The molecule has 0 bridgehead atoms. The lowest BCUT2D eigenvalue weighted by atomic mass is 9.98. The van der Waals surface area contributed by atoms with Crippen molar-refractivity contribution in [3.8, 4) is 0 Å². The standard InChI is InChI=1S/C59H108O15/c1-3-5-7-9-11-13-15-17-19-20-21-22-23-24-25-26-28-29-31-33-35-37-39-41-50(61)69-44-47(72-51(62)42-40-38-36-34-32-30-27-18-16-14-12-10-8-6-4-2)45-70-58-57(68)55(66)53(64)49(74-58)46-71-59-56(67)54(65)52(63)48(43-60)73-59/h18,27,32,34,47-49,52-60,63-68H,3-17,19-26,28-31,33,35-46H2,1-2H3/b27-18+,34-32+/t47-,48+,49+,52-,53-,54?,55?,56?,57?,58+,59+/m0/s1. The second-order valence-corrected chi connectivity index (χ2v) is 21.2. The van der Waals surface area contributed by atoms with Crippen molar-refractivity contribution in [2.24, 2.45) is 0 Å². The first-order valence-electron chi connectivity index (χ1n) is 29.9. The fourth-order valence-corrected chi connectivity index (χ4v) is 9.54. The molecule has 0 aromatic rings. The normalized spacial score (nSPS) is 24.8. The molecule has 0 radical (unpaired) electrons. The minimum absolute atomic E-state index is 0.126. The summed E-state index contributed by atoms with van der Waals surface area (Å²) in [6.45, 7) is 2.60. The van der Waals surface area contributed by atoms with Crippen LogP contribution in [-0.4, -0.2) is 142 Å². The number of aliphatic hydroxyl groups excluding tert-OH is 7. The molecule has 0 amide bonds. The minimum Gasteiger partial charge on any atom is -0.462 e. The lowest BCUT2D eigenvalue weighted by Gasteiger charge is -2.42. The Balaban J connectivity index is 1.72. The van der Waals surface area contributed by atoms with Crippen molar-refractivity contribution in [2.75, 3.05) is 26.4 Å². The summed E-state index contributed by atoms with van der Waals surface area (Å²) < 4.78 is 33.7. The Labute approximate surface area is 447 Å². The Morgan fingerprint density at radius 3 is 1.28 bits per heavy atom. The summed E-state index contributed by atoms with van der Waals surface area (Å²) in [5, 5.41) is 72.3. The molecule has 15 nitrogen and oxygen atoms in total. The highest BCUT2D eigenvalue weighted by Gasteiger charge is 2.47. The Morgan fingerprint density at radius 2 is 0.811 bits per heavy atom. The van der Waals surface area contributed by atoms with Crippen LogP contribution in [0.25, 0.3) is 0 Å². The fourth-order valence-electron chi connectivity index (χ4n) is 9.54.